The summed E-state index contributed by atoms with van der Waals surface area (Å²) in [6.07, 6.45) is 55.4. The van der Waals surface area contributed by atoms with Gasteiger partial charge in [-0.3, -0.25) is 4.79 Å². The van der Waals surface area contributed by atoms with Crippen LogP contribution in [-0.2, 0) is 4.79 Å². The molecule has 0 rings (SSSR count). The van der Waals surface area contributed by atoms with Crippen LogP contribution >= 0.6 is 0 Å². The molecule has 0 saturated heterocycles. The molecule has 4 heteroatoms. The number of aliphatic hydroxyl groups excluding tert-OH is 2. The quantitative estimate of drug-likeness (QED) is 0.0435. The zero-order valence-corrected chi connectivity index (χ0v) is 34.6. The molecule has 0 spiro atoms. The Morgan fingerprint density at radius 2 is 0.804 bits per heavy atom. The minimum Gasteiger partial charge on any atom is -0.394 e. The predicted molar refractivity (Wildman–Crippen MR) is 225 cm³/mol. The molecule has 2 atom stereocenters. The van der Waals surface area contributed by atoms with Crippen molar-refractivity contribution in [1.82, 2.24) is 5.32 Å². The second kappa shape index (κ2) is 43.3. The summed E-state index contributed by atoms with van der Waals surface area (Å²) in [5.41, 5.74) is 0. The number of hydrogen-bond acceptors (Lipinski definition) is 3. The predicted octanol–water partition coefficient (Wildman–Crippen LogP) is 14.4. The number of nitrogens with one attached hydrogen (secondary N) is 1. The summed E-state index contributed by atoms with van der Waals surface area (Å²) in [6.45, 7) is 4.36. The highest BCUT2D eigenvalue weighted by Crippen LogP contribution is 2.16. The average Bonchev–Trinajstić information content (AvgIpc) is 3.13. The van der Waals surface area contributed by atoms with Gasteiger partial charge >= 0.3 is 0 Å². The Bertz CT molecular complexity index is 735. The first-order valence-corrected chi connectivity index (χ1v) is 23.0. The molecule has 302 valence electrons. The zero-order chi connectivity index (χ0) is 37.1. The monoisotopic (exact) mass is 718 g/mol. The molecular formula is C47H91NO3. The van der Waals surface area contributed by atoms with E-state index in [4.69, 9.17) is 0 Å². The maximum absolute atomic E-state index is 12.4. The van der Waals surface area contributed by atoms with Gasteiger partial charge in [-0.25, -0.2) is 0 Å². The maximum atomic E-state index is 12.4. The Balaban J connectivity index is 3.51. The van der Waals surface area contributed by atoms with Gasteiger partial charge in [0.25, 0.3) is 0 Å². The lowest BCUT2D eigenvalue weighted by Gasteiger charge is -2.22. The Labute approximate surface area is 319 Å². The molecule has 0 saturated carbocycles. The van der Waals surface area contributed by atoms with Gasteiger partial charge in [-0.2, -0.15) is 0 Å². The number of allylic oxidation sites excluding steroid dienone is 4. The zero-order valence-electron chi connectivity index (χ0n) is 34.6. The van der Waals surface area contributed by atoms with Crippen LogP contribution in [0.5, 0.6) is 0 Å². The lowest BCUT2D eigenvalue weighted by Crippen LogP contribution is -2.45. The number of hydrogen-bond donors (Lipinski definition) is 3. The Hall–Kier alpha value is -1.13. The van der Waals surface area contributed by atoms with Crippen LogP contribution in [0.2, 0.25) is 0 Å². The fourth-order valence-electron chi connectivity index (χ4n) is 7.16. The van der Waals surface area contributed by atoms with Gasteiger partial charge in [0.15, 0.2) is 0 Å². The van der Waals surface area contributed by atoms with E-state index in [1.165, 1.54) is 193 Å². The van der Waals surface area contributed by atoms with Crippen molar-refractivity contribution in [3.63, 3.8) is 0 Å². The maximum Gasteiger partial charge on any atom is 0.220 e. The lowest BCUT2D eigenvalue weighted by atomic mass is 10.0. The van der Waals surface area contributed by atoms with Gasteiger partial charge in [0.05, 0.1) is 18.8 Å². The van der Waals surface area contributed by atoms with E-state index in [1.807, 2.05) is 0 Å². The van der Waals surface area contributed by atoms with Crippen molar-refractivity contribution in [1.29, 1.82) is 0 Å². The van der Waals surface area contributed by atoms with Gasteiger partial charge in [0.2, 0.25) is 5.91 Å². The Morgan fingerprint density at radius 3 is 1.18 bits per heavy atom. The largest absolute Gasteiger partial charge is 0.394 e. The summed E-state index contributed by atoms with van der Waals surface area (Å²) in [5.74, 6) is -0.0335. The summed E-state index contributed by atoms with van der Waals surface area (Å²) in [4.78, 5) is 12.4. The number of amides is 1. The highest BCUT2D eigenvalue weighted by Gasteiger charge is 2.20. The van der Waals surface area contributed by atoms with Crippen molar-refractivity contribution in [3.05, 3.63) is 24.3 Å². The van der Waals surface area contributed by atoms with Gasteiger partial charge in [-0.05, 0) is 44.9 Å². The number of carbonyl (C=O) groups excluding carboxylic acids is 1. The molecule has 0 aromatic rings. The molecule has 3 N–H and O–H groups in total. The summed E-state index contributed by atoms with van der Waals surface area (Å²) < 4.78 is 0. The molecule has 2 unspecified atom stereocenters. The summed E-state index contributed by atoms with van der Waals surface area (Å²) in [6, 6.07) is -0.537. The number of unbranched alkanes of at least 4 members (excludes halogenated alkanes) is 31. The third-order valence-corrected chi connectivity index (χ3v) is 10.7. The molecule has 0 aliphatic heterocycles. The first-order valence-electron chi connectivity index (χ1n) is 23.0. The molecule has 0 aromatic heterocycles. The van der Waals surface area contributed by atoms with Crippen LogP contribution < -0.4 is 5.32 Å². The molecular weight excluding hydrogens is 627 g/mol. The average molecular weight is 718 g/mol. The molecule has 0 fully saturated rings. The Kier molecular flexibility index (Phi) is 42.3. The van der Waals surface area contributed by atoms with Crippen LogP contribution in [0.4, 0.5) is 0 Å². The molecule has 0 heterocycles. The SMILES string of the molecule is CCCCCCC/C=C\C/C=C\CCCCCCCCCCCC(=O)NC(CO)C(O)CCCCCCCCCCCCCCCCCCCC. The molecule has 0 aromatic carbocycles. The molecule has 0 radical (unpaired) electrons. The second-order valence-corrected chi connectivity index (χ2v) is 15.8. The van der Waals surface area contributed by atoms with Gasteiger partial charge < -0.3 is 15.5 Å². The van der Waals surface area contributed by atoms with Crippen LogP contribution in [0.3, 0.4) is 0 Å². The van der Waals surface area contributed by atoms with Crippen molar-refractivity contribution in [2.45, 2.75) is 264 Å². The van der Waals surface area contributed by atoms with E-state index in [1.54, 1.807) is 0 Å². The van der Waals surface area contributed by atoms with Crippen molar-refractivity contribution in [2.75, 3.05) is 6.61 Å². The number of rotatable bonds is 42. The van der Waals surface area contributed by atoms with Crippen molar-refractivity contribution >= 4 is 5.91 Å². The van der Waals surface area contributed by atoms with Crippen LogP contribution in [0.25, 0.3) is 0 Å². The van der Waals surface area contributed by atoms with E-state index in [-0.39, 0.29) is 12.5 Å². The fraction of sp³-hybridized carbons (Fsp3) is 0.894. The van der Waals surface area contributed by atoms with Crippen LogP contribution in [0.1, 0.15) is 251 Å². The van der Waals surface area contributed by atoms with Crippen molar-refractivity contribution in [2.24, 2.45) is 0 Å². The third kappa shape index (κ3) is 39.9. The topological polar surface area (TPSA) is 69.6 Å². The smallest absolute Gasteiger partial charge is 0.220 e. The van der Waals surface area contributed by atoms with E-state index in [0.29, 0.717) is 12.8 Å². The van der Waals surface area contributed by atoms with E-state index < -0.39 is 12.1 Å². The number of aliphatic hydroxyl groups is 2. The minimum absolute atomic E-state index is 0.0335. The van der Waals surface area contributed by atoms with Gasteiger partial charge in [0.1, 0.15) is 0 Å². The van der Waals surface area contributed by atoms with Crippen LogP contribution in [-0.4, -0.2) is 34.9 Å². The molecule has 0 aliphatic carbocycles. The number of carbonyl (C=O) groups is 1. The van der Waals surface area contributed by atoms with E-state index in [2.05, 4.69) is 43.5 Å². The van der Waals surface area contributed by atoms with Crippen molar-refractivity contribution in [3.8, 4) is 0 Å². The van der Waals surface area contributed by atoms with Crippen molar-refractivity contribution < 1.29 is 15.0 Å². The first-order chi connectivity index (χ1) is 25.2. The fourth-order valence-corrected chi connectivity index (χ4v) is 7.16. The van der Waals surface area contributed by atoms with Gasteiger partial charge in [-0.1, -0.05) is 224 Å². The van der Waals surface area contributed by atoms with E-state index in [0.717, 1.165) is 32.1 Å². The standard InChI is InChI=1S/C47H91NO3/c1-3-5-7-9-11-13-15-17-19-21-23-24-25-27-29-31-33-35-37-39-41-43-47(51)48-45(44-49)46(50)42-40-38-36-34-32-30-28-26-22-20-18-16-14-12-10-8-6-4-2/h15,17,21,23,45-46,49-50H,3-14,16,18-20,22,24-44H2,1-2H3,(H,48,51)/b17-15-,23-21-. The molecule has 4 nitrogen and oxygen atoms in total. The lowest BCUT2D eigenvalue weighted by molar-refractivity contribution is -0.123. The second-order valence-electron chi connectivity index (χ2n) is 15.8. The normalized spacial score (nSPS) is 13.1. The van der Waals surface area contributed by atoms with E-state index in [9.17, 15) is 15.0 Å². The summed E-state index contributed by atoms with van der Waals surface area (Å²) >= 11 is 0. The van der Waals surface area contributed by atoms with Crippen LogP contribution in [0, 0.1) is 0 Å². The summed E-state index contributed by atoms with van der Waals surface area (Å²) in [7, 11) is 0. The molecule has 0 bridgehead atoms. The van der Waals surface area contributed by atoms with Gasteiger partial charge in [-0.15, -0.1) is 0 Å². The Morgan fingerprint density at radius 1 is 0.471 bits per heavy atom. The molecule has 1 amide bonds. The summed E-state index contributed by atoms with van der Waals surface area (Å²) in [5, 5.41) is 23.2. The third-order valence-electron chi connectivity index (χ3n) is 10.7. The first kappa shape index (κ1) is 49.9. The highest BCUT2D eigenvalue weighted by atomic mass is 16.3. The molecule has 51 heavy (non-hydrogen) atoms. The van der Waals surface area contributed by atoms with Crippen LogP contribution in [0.15, 0.2) is 24.3 Å². The molecule has 0 aliphatic rings. The minimum atomic E-state index is -0.659. The van der Waals surface area contributed by atoms with E-state index >= 15 is 0 Å². The highest BCUT2D eigenvalue weighted by molar-refractivity contribution is 5.76. The van der Waals surface area contributed by atoms with Gasteiger partial charge in [0, 0.05) is 6.42 Å².